The summed E-state index contributed by atoms with van der Waals surface area (Å²) in [6.07, 6.45) is 2.80. The van der Waals surface area contributed by atoms with Crippen LogP contribution in [0.3, 0.4) is 0 Å². The monoisotopic (exact) mass is 234 g/mol. The van der Waals surface area contributed by atoms with Gasteiger partial charge in [-0.25, -0.2) is 0 Å². The summed E-state index contributed by atoms with van der Waals surface area (Å²) in [6, 6.07) is 0. The van der Waals surface area contributed by atoms with Crippen LogP contribution >= 0.6 is 0 Å². The predicted molar refractivity (Wildman–Crippen MR) is 47.2 cm³/mol. The number of hydrogen-bond acceptors (Lipinski definition) is 3. The molecule has 78 valence electrons. The average Bonchev–Trinajstić information content (AvgIpc) is 2.58. The van der Waals surface area contributed by atoms with Gasteiger partial charge in [-0.3, -0.25) is 0 Å². The van der Waals surface area contributed by atoms with Gasteiger partial charge in [0.15, 0.2) is 0 Å². The van der Waals surface area contributed by atoms with Crippen LogP contribution in [-0.4, -0.2) is 18.2 Å². The topological polar surface area (TPSA) is 49.4 Å². The Hall–Kier alpha value is 1.07. The minimum Gasteiger partial charge on any atom is -0.547 e. The third-order valence-corrected chi connectivity index (χ3v) is 5.53. The van der Waals surface area contributed by atoms with E-state index in [-0.39, 0.29) is 62.2 Å². The maximum atomic E-state index is 11.3. The Morgan fingerprint density at radius 3 is 2.53 bits per heavy atom. The molecule has 4 bridgehead atoms. The van der Waals surface area contributed by atoms with Crippen molar-refractivity contribution in [1.29, 1.82) is 0 Å². The molecule has 0 spiro atoms. The molecule has 0 radical (unpaired) electrons. The van der Waals surface area contributed by atoms with Crippen molar-refractivity contribution >= 4 is 5.97 Å². The molecule has 0 N–H and O–H groups in total. The summed E-state index contributed by atoms with van der Waals surface area (Å²) in [4.78, 5) is 11.3. The average molecular weight is 234 g/mol. The molecule has 3 fully saturated rings. The number of hydrogen-bond donors (Lipinski definition) is 0. The Morgan fingerprint density at radius 1 is 1.47 bits per heavy atom. The molecule has 3 aliphatic rings. The molecule has 1 heterocycles. The van der Waals surface area contributed by atoms with E-state index in [9.17, 15) is 9.90 Å². The molecule has 3 nitrogen and oxygen atoms in total. The second-order valence-electron chi connectivity index (χ2n) is 5.59. The van der Waals surface area contributed by atoms with Crippen LogP contribution in [0.5, 0.6) is 0 Å². The molecule has 2 aliphatic carbocycles. The molecular formula is C11H15KO3. The quantitative estimate of drug-likeness (QED) is 0.465. The van der Waals surface area contributed by atoms with E-state index in [4.69, 9.17) is 4.74 Å². The Labute approximate surface area is 132 Å². The van der Waals surface area contributed by atoms with Crippen LogP contribution in [0.2, 0.25) is 0 Å². The van der Waals surface area contributed by atoms with E-state index in [2.05, 4.69) is 13.8 Å². The predicted octanol–water partition coefficient (Wildman–Crippen LogP) is -2.66. The van der Waals surface area contributed by atoms with Crippen LogP contribution in [0.25, 0.3) is 0 Å². The van der Waals surface area contributed by atoms with E-state index in [1.807, 2.05) is 0 Å². The van der Waals surface area contributed by atoms with Crippen molar-refractivity contribution < 1.29 is 66.0 Å². The molecule has 4 heteroatoms. The SMILES string of the molecule is CC12COC3(C(=O)[O-])CC1CCC32C.[K+]. The first-order valence-electron chi connectivity index (χ1n) is 5.32. The smallest absolute Gasteiger partial charge is 0.547 e. The van der Waals surface area contributed by atoms with Gasteiger partial charge in [0.2, 0.25) is 0 Å². The fourth-order valence-corrected chi connectivity index (χ4v) is 4.22. The Morgan fingerprint density at radius 2 is 2.13 bits per heavy atom. The second kappa shape index (κ2) is 3.30. The summed E-state index contributed by atoms with van der Waals surface area (Å²) in [7, 11) is 0. The van der Waals surface area contributed by atoms with Gasteiger partial charge in [0.25, 0.3) is 0 Å². The van der Waals surface area contributed by atoms with Crippen molar-refractivity contribution in [3.63, 3.8) is 0 Å². The molecule has 4 atom stereocenters. The van der Waals surface area contributed by atoms with E-state index in [0.717, 1.165) is 12.8 Å². The Kier molecular flexibility index (Phi) is 2.75. The molecule has 2 saturated carbocycles. The first-order valence-corrected chi connectivity index (χ1v) is 5.32. The molecule has 3 rings (SSSR count). The third kappa shape index (κ3) is 1.07. The summed E-state index contributed by atoms with van der Waals surface area (Å²) in [5, 5.41) is 11.3. The summed E-state index contributed by atoms with van der Waals surface area (Å²) in [5.41, 5.74) is -1.08. The van der Waals surface area contributed by atoms with E-state index >= 15 is 0 Å². The first-order chi connectivity index (χ1) is 6.46. The van der Waals surface area contributed by atoms with E-state index in [0.29, 0.717) is 18.9 Å². The first kappa shape index (κ1) is 12.5. The van der Waals surface area contributed by atoms with E-state index in [1.54, 1.807) is 0 Å². The largest absolute Gasteiger partial charge is 1.00 e. The van der Waals surface area contributed by atoms with Crippen LogP contribution in [0.4, 0.5) is 0 Å². The van der Waals surface area contributed by atoms with Gasteiger partial charge in [0.1, 0.15) is 5.60 Å². The van der Waals surface area contributed by atoms with Gasteiger partial charge in [-0.05, 0) is 25.2 Å². The molecule has 4 unspecified atom stereocenters. The number of aliphatic carboxylic acids is 1. The fourth-order valence-electron chi connectivity index (χ4n) is 4.22. The number of carboxylic acid groups (broad SMARTS) is 1. The van der Waals surface area contributed by atoms with Crippen molar-refractivity contribution in [2.24, 2.45) is 16.7 Å². The molecule has 1 saturated heterocycles. The van der Waals surface area contributed by atoms with Gasteiger partial charge in [0.05, 0.1) is 12.6 Å². The van der Waals surface area contributed by atoms with E-state index < -0.39 is 11.6 Å². The maximum absolute atomic E-state index is 11.3. The zero-order valence-electron chi connectivity index (χ0n) is 9.63. The van der Waals surface area contributed by atoms with Crippen molar-refractivity contribution in [2.45, 2.75) is 38.7 Å². The van der Waals surface area contributed by atoms with Gasteiger partial charge in [-0.15, -0.1) is 0 Å². The fraction of sp³-hybridized carbons (Fsp3) is 0.909. The number of carbonyl (C=O) groups is 1. The van der Waals surface area contributed by atoms with Crippen LogP contribution in [-0.2, 0) is 9.53 Å². The Balaban J connectivity index is 0.000000853. The van der Waals surface area contributed by atoms with E-state index in [1.165, 1.54) is 0 Å². The number of carboxylic acids is 1. The van der Waals surface area contributed by atoms with Gasteiger partial charge in [-0.1, -0.05) is 13.8 Å². The number of rotatable bonds is 1. The van der Waals surface area contributed by atoms with Crippen LogP contribution in [0.15, 0.2) is 0 Å². The Bertz CT molecular complexity index is 332. The van der Waals surface area contributed by atoms with Crippen LogP contribution in [0, 0.1) is 16.7 Å². The summed E-state index contributed by atoms with van der Waals surface area (Å²) >= 11 is 0. The minimum absolute atomic E-state index is 0. The molecule has 0 amide bonds. The van der Waals surface area contributed by atoms with Gasteiger partial charge >= 0.3 is 51.4 Å². The summed E-state index contributed by atoms with van der Waals surface area (Å²) in [5.74, 6) is -0.468. The molecule has 0 aromatic rings. The summed E-state index contributed by atoms with van der Waals surface area (Å²) < 4.78 is 5.58. The molecular weight excluding hydrogens is 219 g/mol. The van der Waals surface area contributed by atoms with Gasteiger partial charge < -0.3 is 14.6 Å². The maximum Gasteiger partial charge on any atom is 1.00 e. The molecule has 1 aliphatic heterocycles. The molecule has 0 aromatic heterocycles. The minimum atomic E-state index is -0.995. The third-order valence-electron chi connectivity index (χ3n) is 5.53. The number of ether oxygens (including phenoxy) is 1. The molecule has 0 aromatic carbocycles. The van der Waals surface area contributed by atoms with Crippen molar-refractivity contribution in [2.75, 3.05) is 6.61 Å². The summed E-state index contributed by atoms with van der Waals surface area (Å²) in [6.45, 7) is 4.85. The zero-order valence-corrected chi connectivity index (χ0v) is 12.8. The number of carbonyl (C=O) groups excluding carboxylic acids is 1. The van der Waals surface area contributed by atoms with Crippen molar-refractivity contribution in [3.05, 3.63) is 0 Å². The van der Waals surface area contributed by atoms with Gasteiger partial charge in [0, 0.05) is 10.8 Å². The van der Waals surface area contributed by atoms with Crippen molar-refractivity contribution in [3.8, 4) is 0 Å². The zero-order chi connectivity index (χ0) is 10.2. The standard InChI is InChI=1S/C11H16O3.K/c1-9-6-14-11(8(12)13)5-7(9)3-4-10(9,11)2;/h7H,3-6H2,1-2H3,(H,12,13);/q;+1/p-1. The van der Waals surface area contributed by atoms with Crippen molar-refractivity contribution in [1.82, 2.24) is 0 Å². The van der Waals surface area contributed by atoms with Crippen LogP contribution in [0.1, 0.15) is 33.1 Å². The van der Waals surface area contributed by atoms with Crippen LogP contribution < -0.4 is 56.5 Å². The second-order valence-corrected chi connectivity index (χ2v) is 5.59. The normalized spacial score (nSPS) is 55.5. The molecule has 15 heavy (non-hydrogen) atoms. The van der Waals surface area contributed by atoms with Gasteiger partial charge in [-0.2, -0.15) is 0 Å².